The maximum absolute atomic E-state index is 12.4. The van der Waals surface area contributed by atoms with Crippen molar-refractivity contribution in [3.05, 3.63) is 47.8 Å². The van der Waals surface area contributed by atoms with Crippen molar-refractivity contribution in [2.75, 3.05) is 6.54 Å². The van der Waals surface area contributed by atoms with Gasteiger partial charge >= 0.3 is 5.97 Å². The summed E-state index contributed by atoms with van der Waals surface area (Å²) in [4.78, 5) is 23.4. The van der Waals surface area contributed by atoms with Gasteiger partial charge in [-0.15, -0.1) is 0 Å². The number of nitrogens with one attached hydrogen (secondary N) is 1. The molecule has 1 heterocycles. The summed E-state index contributed by atoms with van der Waals surface area (Å²) < 4.78 is 1.75. The number of hydrogen-bond donors (Lipinski definition) is 3. The Kier molecular flexibility index (Phi) is 4.11. The van der Waals surface area contributed by atoms with Crippen molar-refractivity contribution in [1.29, 1.82) is 0 Å². The topological polar surface area (TPSA) is 104 Å². The van der Waals surface area contributed by atoms with Gasteiger partial charge in [0, 0.05) is 5.92 Å². The second kappa shape index (κ2) is 6.09. The van der Waals surface area contributed by atoms with Gasteiger partial charge in [0.2, 0.25) is 0 Å². The van der Waals surface area contributed by atoms with Crippen LogP contribution in [-0.2, 0) is 4.79 Å². The molecule has 0 aliphatic heterocycles. The number of aliphatic hydroxyl groups is 1. The zero-order valence-electron chi connectivity index (χ0n) is 13.3. The SMILES string of the molecule is CC(O)(CNC(=O)c1cnn(-c2ccccc2)c1C1CC1)C(=O)O. The molecule has 1 atom stereocenters. The van der Waals surface area contributed by atoms with E-state index in [1.54, 1.807) is 4.68 Å². The van der Waals surface area contributed by atoms with Crippen molar-refractivity contribution in [3.63, 3.8) is 0 Å². The van der Waals surface area contributed by atoms with Gasteiger partial charge in [-0.3, -0.25) is 4.79 Å². The number of hydrogen-bond acceptors (Lipinski definition) is 4. The molecule has 1 aliphatic carbocycles. The smallest absolute Gasteiger partial charge is 0.337 e. The maximum Gasteiger partial charge on any atom is 0.337 e. The van der Waals surface area contributed by atoms with Gasteiger partial charge < -0.3 is 15.5 Å². The first-order valence-electron chi connectivity index (χ1n) is 7.77. The number of rotatable bonds is 6. The van der Waals surface area contributed by atoms with Crippen molar-refractivity contribution in [3.8, 4) is 5.69 Å². The normalized spacial score (nSPS) is 16.4. The van der Waals surface area contributed by atoms with Crippen LogP contribution < -0.4 is 5.32 Å². The van der Waals surface area contributed by atoms with Crippen molar-refractivity contribution in [2.45, 2.75) is 31.3 Å². The quantitative estimate of drug-likeness (QED) is 0.741. The maximum atomic E-state index is 12.4. The molecule has 0 spiro atoms. The second-order valence-corrected chi connectivity index (χ2v) is 6.23. The lowest BCUT2D eigenvalue weighted by Crippen LogP contribution is -2.46. The van der Waals surface area contributed by atoms with Crippen LogP contribution in [0.2, 0.25) is 0 Å². The van der Waals surface area contributed by atoms with E-state index < -0.39 is 17.5 Å². The molecule has 0 saturated heterocycles. The first-order chi connectivity index (χ1) is 11.4. The third-order valence-electron chi connectivity index (χ3n) is 4.07. The molecule has 3 rings (SSSR count). The van der Waals surface area contributed by atoms with Gasteiger partial charge in [-0.1, -0.05) is 18.2 Å². The molecule has 2 aromatic rings. The van der Waals surface area contributed by atoms with Crippen LogP contribution in [0.25, 0.3) is 5.69 Å². The van der Waals surface area contributed by atoms with E-state index in [0.717, 1.165) is 31.1 Å². The van der Waals surface area contributed by atoms with E-state index in [1.165, 1.54) is 6.20 Å². The van der Waals surface area contributed by atoms with Crippen LogP contribution in [0, 0.1) is 0 Å². The van der Waals surface area contributed by atoms with Gasteiger partial charge in [-0.2, -0.15) is 5.10 Å². The zero-order valence-corrected chi connectivity index (χ0v) is 13.3. The predicted octanol–water partition coefficient (Wildman–Crippen LogP) is 1.32. The molecule has 0 bridgehead atoms. The van der Waals surface area contributed by atoms with E-state index in [1.807, 2.05) is 30.3 Å². The molecule has 7 heteroatoms. The molecular weight excluding hydrogens is 310 g/mol. The fourth-order valence-electron chi connectivity index (χ4n) is 2.48. The summed E-state index contributed by atoms with van der Waals surface area (Å²) in [6.45, 7) is 0.770. The Labute approximate surface area is 138 Å². The van der Waals surface area contributed by atoms with E-state index in [9.17, 15) is 14.7 Å². The number of aromatic nitrogens is 2. The second-order valence-electron chi connectivity index (χ2n) is 6.23. The molecule has 1 saturated carbocycles. The first kappa shape index (κ1) is 16.2. The van der Waals surface area contributed by atoms with Crippen LogP contribution >= 0.6 is 0 Å². The monoisotopic (exact) mass is 329 g/mol. The summed E-state index contributed by atoms with van der Waals surface area (Å²) in [5.74, 6) is -1.54. The minimum Gasteiger partial charge on any atom is -0.479 e. The number of nitrogens with zero attached hydrogens (tertiary/aromatic N) is 2. The molecule has 1 aliphatic rings. The van der Waals surface area contributed by atoms with Gasteiger partial charge in [0.1, 0.15) is 0 Å². The summed E-state index contributed by atoms with van der Waals surface area (Å²) in [6.07, 6.45) is 3.47. The van der Waals surface area contributed by atoms with Crippen LogP contribution in [0.1, 0.15) is 41.7 Å². The number of amides is 1. The number of carbonyl (C=O) groups is 2. The fourth-order valence-corrected chi connectivity index (χ4v) is 2.48. The Morgan fingerprint density at radius 1 is 1.33 bits per heavy atom. The largest absolute Gasteiger partial charge is 0.479 e. The molecule has 1 fully saturated rings. The zero-order chi connectivity index (χ0) is 17.3. The predicted molar refractivity (Wildman–Crippen MR) is 86.1 cm³/mol. The average Bonchev–Trinajstić information content (AvgIpc) is 3.31. The fraction of sp³-hybridized carbons (Fsp3) is 0.353. The minimum absolute atomic E-state index is 0.272. The van der Waals surface area contributed by atoms with Crippen molar-refractivity contribution >= 4 is 11.9 Å². The molecule has 1 amide bonds. The number of carboxylic acid groups (broad SMARTS) is 1. The van der Waals surface area contributed by atoms with Crippen LogP contribution in [-0.4, -0.2) is 44.0 Å². The van der Waals surface area contributed by atoms with E-state index in [4.69, 9.17) is 5.11 Å². The van der Waals surface area contributed by atoms with Gasteiger partial charge in [0.05, 0.1) is 29.7 Å². The lowest BCUT2D eigenvalue weighted by molar-refractivity contribution is -0.155. The minimum atomic E-state index is -2.01. The molecule has 3 N–H and O–H groups in total. The standard InChI is InChI=1S/C17H19N3O4/c1-17(24,16(22)23)10-18-15(21)13-9-19-20(14(13)11-7-8-11)12-5-3-2-4-6-12/h2-6,9,11,24H,7-8,10H2,1H3,(H,18,21)(H,22,23). The summed E-state index contributed by atoms with van der Waals surface area (Å²) in [7, 11) is 0. The van der Waals surface area contributed by atoms with E-state index in [-0.39, 0.29) is 12.5 Å². The molecule has 1 aromatic heterocycles. The van der Waals surface area contributed by atoms with Gasteiger partial charge in [0.25, 0.3) is 5.91 Å². The Hall–Kier alpha value is -2.67. The van der Waals surface area contributed by atoms with Crippen LogP contribution in [0.3, 0.4) is 0 Å². The van der Waals surface area contributed by atoms with Crippen LogP contribution in [0.15, 0.2) is 36.5 Å². The highest BCUT2D eigenvalue weighted by atomic mass is 16.4. The molecule has 24 heavy (non-hydrogen) atoms. The molecule has 0 radical (unpaired) electrons. The van der Waals surface area contributed by atoms with Crippen LogP contribution in [0.4, 0.5) is 0 Å². The number of benzene rings is 1. The van der Waals surface area contributed by atoms with Crippen molar-refractivity contribution in [2.24, 2.45) is 0 Å². The van der Waals surface area contributed by atoms with Gasteiger partial charge in [-0.25, -0.2) is 9.48 Å². The van der Waals surface area contributed by atoms with Gasteiger partial charge in [-0.05, 0) is 31.9 Å². The third kappa shape index (κ3) is 3.16. The summed E-state index contributed by atoms with van der Waals surface area (Å²) >= 11 is 0. The Bertz CT molecular complexity index is 763. The summed E-state index contributed by atoms with van der Waals surface area (Å²) in [5, 5.41) is 25.4. The average molecular weight is 329 g/mol. The number of carboxylic acids is 1. The van der Waals surface area contributed by atoms with Crippen LogP contribution in [0.5, 0.6) is 0 Å². The van der Waals surface area contributed by atoms with E-state index in [0.29, 0.717) is 5.56 Å². The number of carbonyl (C=O) groups excluding carboxylic acids is 1. The molecule has 126 valence electrons. The van der Waals surface area contributed by atoms with E-state index >= 15 is 0 Å². The molecule has 1 aromatic carbocycles. The number of para-hydroxylation sites is 1. The molecule has 7 nitrogen and oxygen atoms in total. The Balaban J connectivity index is 1.85. The lowest BCUT2D eigenvalue weighted by Gasteiger charge is -2.18. The van der Waals surface area contributed by atoms with E-state index in [2.05, 4.69) is 10.4 Å². The highest BCUT2D eigenvalue weighted by Crippen LogP contribution is 2.42. The summed E-state index contributed by atoms with van der Waals surface area (Å²) in [5.41, 5.74) is 0.109. The summed E-state index contributed by atoms with van der Waals surface area (Å²) in [6, 6.07) is 9.53. The first-order valence-corrected chi connectivity index (χ1v) is 7.77. The van der Waals surface area contributed by atoms with Gasteiger partial charge in [0.15, 0.2) is 5.60 Å². The number of aliphatic carboxylic acids is 1. The molecular formula is C17H19N3O4. The highest BCUT2D eigenvalue weighted by molar-refractivity contribution is 5.96. The highest BCUT2D eigenvalue weighted by Gasteiger charge is 2.34. The Morgan fingerprint density at radius 2 is 2.00 bits per heavy atom. The third-order valence-corrected chi connectivity index (χ3v) is 4.07. The lowest BCUT2D eigenvalue weighted by atomic mass is 10.1. The Morgan fingerprint density at radius 3 is 2.58 bits per heavy atom. The van der Waals surface area contributed by atoms with Crippen molar-refractivity contribution < 1.29 is 19.8 Å². The molecule has 1 unspecified atom stereocenters. The van der Waals surface area contributed by atoms with Crippen molar-refractivity contribution in [1.82, 2.24) is 15.1 Å².